The normalized spacial score (nSPS) is 11.3. The molecule has 4 nitrogen and oxygen atoms in total. The van der Waals surface area contributed by atoms with E-state index in [-0.39, 0.29) is 12.0 Å². The summed E-state index contributed by atoms with van der Waals surface area (Å²) in [5.74, 6) is -0.0429. The Bertz CT molecular complexity index is 649. The molecule has 0 aliphatic carbocycles. The van der Waals surface area contributed by atoms with Crippen molar-refractivity contribution in [1.82, 2.24) is 4.90 Å². The molecule has 0 spiro atoms. The third-order valence-electron chi connectivity index (χ3n) is 3.30. The Kier molecular flexibility index (Phi) is 4.85. The van der Waals surface area contributed by atoms with Gasteiger partial charge in [-0.2, -0.15) is 0 Å². The van der Waals surface area contributed by atoms with E-state index in [0.29, 0.717) is 23.7 Å². The highest BCUT2D eigenvalue weighted by atomic mass is 32.1. The Morgan fingerprint density at radius 3 is 2.81 bits per heavy atom. The van der Waals surface area contributed by atoms with Crippen LogP contribution >= 0.6 is 11.3 Å². The van der Waals surface area contributed by atoms with Gasteiger partial charge in [-0.05, 0) is 32.9 Å². The van der Waals surface area contributed by atoms with Crippen molar-refractivity contribution in [2.75, 3.05) is 25.9 Å². The number of rotatable bonds is 5. The minimum atomic E-state index is -0.0429. The number of carbonyl (C=O) groups excluding carboxylic acids is 1. The molecule has 0 atom stereocenters. The predicted octanol–water partition coefficient (Wildman–Crippen LogP) is 3.29. The van der Waals surface area contributed by atoms with Crippen molar-refractivity contribution < 1.29 is 9.53 Å². The molecule has 1 heterocycles. The lowest BCUT2D eigenvalue weighted by Crippen LogP contribution is -2.30. The Hall–Kier alpha value is -1.59. The molecule has 0 unspecified atom stereocenters. The molecule has 2 rings (SSSR count). The summed E-state index contributed by atoms with van der Waals surface area (Å²) in [6.45, 7) is 7.07. The second kappa shape index (κ2) is 6.45. The first kappa shape index (κ1) is 15.8. The van der Waals surface area contributed by atoms with E-state index in [0.717, 1.165) is 15.6 Å². The lowest BCUT2D eigenvalue weighted by molar-refractivity contribution is 0.0535. The molecular formula is C16H22N2O2S. The summed E-state index contributed by atoms with van der Waals surface area (Å²) in [4.78, 5) is 14.8. The molecule has 2 aromatic rings. The van der Waals surface area contributed by atoms with Crippen LogP contribution in [0.15, 0.2) is 18.2 Å². The molecule has 1 aromatic carbocycles. The first-order chi connectivity index (χ1) is 9.90. The number of fused-ring (bicyclic) bond motifs is 1. The van der Waals surface area contributed by atoms with Crippen molar-refractivity contribution in [3.05, 3.63) is 28.6 Å². The van der Waals surface area contributed by atoms with Gasteiger partial charge in [-0.25, -0.2) is 0 Å². The van der Waals surface area contributed by atoms with E-state index in [1.54, 1.807) is 11.9 Å². The number of amides is 1. The van der Waals surface area contributed by atoms with Gasteiger partial charge in [0.2, 0.25) is 0 Å². The Morgan fingerprint density at radius 1 is 1.43 bits per heavy atom. The van der Waals surface area contributed by atoms with Gasteiger partial charge >= 0.3 is 0 Å². The quantitative estimate of drug-likeness (QED) is 0.922. The van der Waals surface area contributed by atoms with Gasteiger partial charge in [0, 0.05) is 23.7 Å². The monoisotopic (exact) mass is 306 g/mol. The molecule has 0 bridgehead atoms. The van der Waals surface area contributed by atoms with Crippen LogP contribution in [0.3, 0.4) is 0 Å². The second-order valence-corrected chi connectivity index (χ2v) is 6.54. The van der Waals surface area contributed by atoms with Crippen molar-refractivity contribution in [2.24, 2.45) is 0 Å². The maximum Gasteiger partial charge on any atom is 0.265 e. The SMILES string of the molecule is Cc1ccc2sc(C(=O)N(C)CCOC(C)C)c(N)c2c1. The average Bonchev–Trinajstić information content (AvgIpc) is 2.74. The first-order valence-corrected chi connectivity index (χ1v) is 7.87. The molecule has 0 aliphatic heterocycles. The second-order valence-electron chi connectivity index (χ2n) is 5.49. The largest absolute Gasteiger partial charge is 0.397 e. The minimum Gasteiger partial charge on any atom is -0.397 e. The molecule has 0 saturated heterocycles. The van der Waals surface area contributed by atoms with Crippen molar-refractivity contribution >= 4 is 33.0 Å². The number of aryl methyl sites for hydroxylation is 1. The summed E-state index contributed by atoms with van der Waals surface area (Å²) in [5.41, 5.74) is 7.88. The van der Waals surface area contributed by atoms with Gasteiger partial charge in [-0.15, -0.1) is 11.3 Å². The van der Waals surface area contributed by atoms with Gasteiger partial charge in [0.1, 0.15) is 4.88 Å². The van der Waals surface area contributed by atoms with Gasteiger partial charge < -0.3 is 15.4 Å². The minimum absolute atomic E-state index is 0.0429. The first-order valence-electron chi connectivity index (χ1n) is 7.06. The van der Waals surface area contributed by atoms with Crippen molar-refractivity contribution in [2.45, 2.75) is 26.9 Å². The molecule has 1 aromatic heterocycles. The number of nitrogens with zero attached hydrogens (tertiary/aromatic N) is 1. The van der Waals surface area contributed by atoms with Gasteiger partial charge in [0.25, 0.3) is 5.91 Å². The van der Waals surface area contributed by atoms with Crippen LogP contribution in [0.25, 0.3) is 10.1 Å². The maximum atomic E-state index is 12.5. The lowest BCUT2D eigenvalue weighted by atomic mass is 10.1. The molecule has 1 amide bonds. The smallest absolute Gasteiger partial charge is 0.265 e. The van der Waals surface area contributed by atoms with Crippen LogP contribution in [0.5, 0.6) is 0 Å². The van der Waals surface area contributed by atoms with Crippen molar-refractivity contribution in [3.63, 3.8) is 0 Å². The maximum absolute atomic E-state index is 12.5. The number of thiophene rings is 1. The molecule has 0 aliphatic rings. The van der Waals surface area contributed by atoms with Crippen LogP contribution in [0.4, 0.5) is 5.69 Å². The van der Waals surface area contributed by atoms with E-state index in [4.69, 9.17) is 10.5 Å². The number of anilines is 1. The lowest BCUT2D eigenvalue weighted by Gasteiger charge is -2.17. The van der Waals surface area contributed by atoms with Crippen LogP contribution in [0.1, 0.15) is 29.1 Å². The zero-order chi connectivity index (χ0) is 15.6. The number of nitrogens with two attached hydrogens (primary N) is 1. The van der Waals surface area contributed by atoms with E-state index in [9.17, 15) is 4.79 Å². The van der Waals surface area contributed by atoms with E-state index in [1.165, 1.54) is 11.3 Å². The third kappa shape index (κ3) is 3.54. The number of hydrogen-bond donors (Lipinski definition) is 1. The summed E-state index contributed by atoms with van der Waals surface area (Å²) in [7, 11) is 1.78. The molecule has 0 radical (unpaired) electrons. The topological polar surface area (TPSA) is 55.6 Å². The van der Waals surface area contributed by atoms with E-state index < -0.39 is 0 Å². The fourth-order valence-corrected chi connectivity index (χ4v) is 3.19. The van der Waals surface area contributed by atoms with Crippen LogP contribution in [0, 0.1) is 6.92 Å². The highest BCUT2D eigenvalue weighted by molar-refractivity contribution is 7.21. The summed E-state index contributed by atoms with van der Waals surface area (Å²) in [5, 5.41) is 0.968. The van der Waals surface area contributed by atoms with Gasteiger partial charge in [0.15, 0.2) is 0 Å². The highest BCUT2D eigenvalue weighted by Gasteiger charge is 2.19. The summed E-state index contributed by atoms with van der Waals surface area (Å²) in [6, 6.07) is 6.08. The zero-order valence-corrected chi connectivity index (χ0v) is 13.8. The van der Waals surface area contributed by atoms with Crippen LogP contribution in [-0.4, -0.2) is 37.1 Å². The highest BCUT2D eigenvalue weighted by Crippen LogP contribution is 2.34. The number of carbonyl (C=O) groups is 1. The molecule has 2 N–H and O–H groups in total. The summed E-state index contributed by atoms with van der Waals surface area (Å²) < 4.78 is 6.53. The van der Waals surface area contributed by atoms with Crippen LogP contribution < -0.4 is 5.73 Å². The van der Waals surface area contributed by atoms with Gasteiger partial charge in [-0.1, -0.05) is 11.6 Å². The molecule has 5 heteroatoms. The fourth-order valence-electron chi connectivity index (χ4n) is 2.09. The predicted molar refractivity (Wildman–Crippen MR) is 89.0 cm³/mol. The van der Waals surface area contributed by atoms with Gasteiger partial charge in [-0.3, -0.25) is 4.79 Å². The Balaban J connectivity index is 2.17. The van der Waals surface area contributed by atoms with Crippen molar-refractivity contribution in [3.8, 4) is 0 Å². The average molecular weight is 306 g/mol. The fraction of sp³-hybridized carbons (Fsp3) is 0.438. The van der Waals surface area contributed by atoms with E-state index in [2.05, 4.69) is 0 Å². The van der Waals surface area contributed by atoms with Crippen molar-refractivity contribution in [1.29, 1.82) is 0 Å². The standard InChI is InChI=1S/C16H22N2O2S/c1-10(2)20-8-7-18(4)16(19)15-14(17)12-9-11(3)5-6-13(12)21-15/h5-6,9-10H,7-8,17H2,1-4H3. The number of hydrogen-bond acceptors (Lipinski definition) is 4. The molecule has 114 valence electrons. The van der Waals surface area contributed by atoms with E-state index >= 15 is 0 Å². The molecule has 0 saturated carbocycles. The number of nitrogen functional groups attached to an aromatic ring is 1. The number of ether oxygens (including phenoxy) is 1. The number of benzene rings is 1. The van der Waals surface area contributed by atoms with Crippen LogP contribution in [0.2, 0.25) is 0 Å². The molecular weight excluding hydrogens is 284 g/mol. The zero-order valence-electron chi connectivity index (χ0n) is 13.0. The molecule has 0 fully saturated rings. The third-order valence-corrected chi connectivity index (χ3v) is 4.48. The number of likely N-dealkylation sites (N-methyl/N-ethyl adjacent to an activating group) is 1. The Morgan fingerprint density at radius 2 is 2.14 bits per heavy atom. The van der Waals surface area contributed by atoms with Gasteiger partial charge in [0.05, 0.1) is 18.4 Å². The summed E-state index contributed by atoms with van der Waals surface area (Å²) in [6.07, 6.45) is 0.172. The summed E-state index contributed by atoms with van der Waals surface area (Å²) >= 11 is 1.45. The Labute approximate surface area is 129 Å². The van der Waals surface area contributed by atoms with E-state index in [1.807, 2.05) is 39.0 Å². The van der Waals surface area contributed by atoms with Crippen LogP contribution in [-0.2, 0) is 4.74 Å². The molecule has 21 heavy (non-hydrogen) atoms.